The molecule has 9 nitrogen and oxygen atoms in total. The molecule has 7 rings (SSSR count). The van der Waals surface area contributed by atoms with Crippen LogP contribution in [0.1, 0.15) is 130 Å². The highest BCUT2D eigenvalue weighted by Crippen LogP contribution is 2.69. The number of nitrogens with one attached hydrogen (secondary N) is 4. The van der Waals surface area contributed by atoms with Crippen LogP contribution in [0, 0.1) is 46.3 Å². The maximum atomic E-state index is 14.1. The van der Waals surface area contributed by atoms with Gasteiger partial charge < -0.3 is 30.4 Å². The van der Waals surface area contributed by atoms with Crippen LogP contribution in [-0.4, -0.2) is 62.3 Å². The van der Waals surface area contributed by atoms with Gasteiger partial charge in [0.2, 0.25) is 5.91 Å². The van der Waals surface area contributed by atoms with Gasteiger partial charge in [0, 0.05) is 67.0 Å². The third kappa shape index (κ3) is 7.78. The van der Waals surface area contributed by atoms with Gasteiger partial charge in [0.15, 0.2) is 0 Å². The van der Waals surface area contributed by atoms with E-state index in [2.05, 4.69) is 60.2 Å². The summed E-state index contributed by atoms with van der Waals surface area (Å²) < 4.78 is 6.37. The smallest absolute Gasteiger partial charge is 0.329 e. The van der Waals surface area contributed by atoms with Crippen molar-refractivity contribution < 1.29 is 19.4 Å². The second-order valence-corrected chi connectivity index (χ2v) is 19.1. The number of aliphatic hydroxyl groups is 1. The number of esters is 1. The first-order valence-corrected chi connectivity index (χ1v) is 21.8. The minimum absolute atomic E-state index is 0.120. The Morgan fingerprint density at radius 2 is 1.85 bits per heavy atom. The molecule has 2 aromatic heterocycles. The molecule has 0 radical (unpaired) electrons. The van der Waals surface area contributed by atoms with Crippen molar-refractivity contribution in [2.75, 3.05) is 6.54 Å². The molecule has 3 aromatic rings. The number of ether oxygens (including phenoxy) is 1. The van der Waals surface area contributed by atoms with Crippen LogP contribution in [0.15, 0.2) is 43.0 Å². The van der Waals surface area contributed by atoms with E-state index < -0.39 is 23.7 Å². The second-order valence-electron chi connectivity index (χ2n) is 19.1. The van der Waals surface area contributed by atoms with Crippen molar-refractivity contribution in [3.05, 3.63) is 54.2 Å². The first-order valence-electron chi connectivity index (χ1n) is 21.8. The number of carbonyl (C=O) groups is 2. The van der Waals surface area contributed by atoms with E-state index in [1.807, 2.05) is 36.7 Å². The number of H-pyrrole nitrogens is 2. The molecule has 302 valence electrons. The topological polar surface area (TPSA) is 132 Å². The molecule has 4 fully saturated rings. The summed E-state index contributed by atoms with van der Waals surface area (Å²) in [7, 11) is 0. The lowest BCUT2D eigenvalue weighted by Gasteiger charge is -2.66. The van der Waals surface area contributed by atoms with Crippen molar-refractivity contribution in [2.24, 2.45) is 46.3 Å². The van der Waals surface area contributed by atoms with Gasteiger partial charge >= 0.3 is 5.97 Å². The van der Waals surface area contributed by atoms with Crippen LogP contribution in [0.5, 0.6) is 0 Å². The lowest BCUT2D eigenvalue weighted by Crippen LogP contribution is -2.71. The second kappa shape index (κ2) is 16.4. The van der Waals surface area contributed by atoms with E-state index in [4.69, 9.17) is 4.74 Å². The number of fused-ring (bicyclic) bond motifs is 6. The summed E-state index contributed by atoms with van der Waals surface area (Å²) in [6.07, 6.45) is 18.4. The van der Waals surface area contributed by atoms with E-state index in [-0.39, 0.29) is 23.8 Å². The lowest BCUT2D eigenvalue weighted by molar-refractivity contribution is -0.237. The Morgan fingerprint density at radius 1 is 1.04 bits per heavy atom. The minimum atomic E-state index is -1.04. The van der Waals surface area contributed by atoms with Crippen LogP contribution < -0.4 is 10.6 Å². The molecule has 55 heavy (non-hydrogen) atoms. The minimum Gasteiger partial charge on any atom is -0.461 e. The zero-order valence-electron chi connectivity index (χ0n) is 34.5. The highest BCUT2D eigenvalue weighted by molar-refractivity contribution is 5.87. The molecule has 1 amide bonds. The van der Waals surface area contributed by atoms with Crippen LogP contribution >= 0.6 is 0 Å². The van der Waals surface area contributed by atoms with Gasteiger partial charge in [-0.1, -0.05) is 79.0 Å². The summed E-state index contributed by atoms with van der Waals surface area (Å²) in [5, 5.41) is 21.2. The van der Waals surface area contributed by atoms with E-state index >= 15 is 0 Å². The van der Waals surface area contributed by atoms with Crippen molar-refractivity contribution in [3.8, 4) is 0 Å². The monoisotopic (exact) mass is 756 g/mol. The molecule has 9 heteroatoms. The Labute approximate surface area is 329 Å². The predicted octanol–water partition coefficient (Wildman–Crippen LogP) is 8.29. The van der Waals surface area contributed by atoms with Crippen LogP contribution in [0.4, 0.5) is 0 Å². The molecule has 5 N–H and O–H groups in total. The number of carbonyl (C=O) groups excluding carboxylic acids is 2. The molecule has 0 spiro atoms. The molecule has 0 bridgehead atoms. The maximum absolute atomic E-state index is 14.1. The number of imidazole rings is 1. The van der Waals surface area contributed by atoms with Crippen LogP contribution in [0.3, 0.4) is 0 Å². The molecule has 0 aliphatic heterocycles. The molecule has 0 unspecified atom stereocenters. The molecule has 11 atom stereocenters. The van der Waals surface area contributed by atoms with Crippen molar-refractivity contribution in [1.82, 2.24) is 25.6 Å². The largest absolute Gasteiger partial charge is 0.461 e. The number of para-hydroxylation sites is 1. The number of hydrogen-bond acceptors (Lipinski definition) is 6. The van der Waals surface area contributed by atoms with Gasteiger partial charge in [-0.15, -0.1) is 0 Å². The van der Waals surface area contributed by atoms with Gasteiger partial charge in [0.25, 0.3) is 0 Å². The average Bonchev–Trinajstić information content (AvgIpc) is 3.91. The molecule has 4 aliphatic carbocycles. The number of rotatable bonds is 15. The molecule has 0 saturated heterocycles. The van der Waals surface area contributed by atoms with E-state index in [1.54, 1.807) is 13.3 Å². The third-order valence-corrected chi connectivity index (χ3v) is 15.7. The number of amides is 1. The number of nitrogens with zero attached hydrogens (tertiary/aromatic N) is 1. The Hall–Kier alpha value is -3.17. The Morgan fingerprint density at radius 3 is 2.62 bits per heavy atom. The molecule has 4 aliphatic rings. The fraction of sp³-hybridized carbons (Fsp3) is 0.717. The summed E-state index contributed by atoms with van der Waals surface area (Å²) in [4.78, 5) is 37.6. The molecule has 1 aromatic carbocycles. The van der Waals surface area contributed by atoms with Crippen molar-refractivity contribution in [3.63, 3.8) is 0 Å². The Kier molecular flexibility index (Phi) is 11.9. The lowest BCUT2D eigenvalue weighted by atomic mass is 9.42. The fourth-order valence-electron chi connectivity index (χ4n) is 12.7. The standard InChI is InChI=1S/C46H69N5O4/c1-7-42(52)51-40(23-31-26-49-39-14-9-8-13-34(31)39)43(53)55-33-17-21-45(6)38-18-20-44(5)36(30(4)12-10-11-29(2)3)15-16-37(44)35(38)24-41(46(45,54)25-33)48-22-19-32-27-47-28-50-32/h8-9,13-14,26-30,33,35-38,40-41,48-49,54H,7,10-12,15-25H2,1-6H3,(H,47,50)(H,51,52)/t30-,33+,35+,36-,37+,38+,40+,41-,44-,45-,46+/m1/s1. The zero-order valence-corrected chi connectivity index (χ0v) is 34.5. The van der Waals surface area contributed by atoms with Gasteiger partial charge in [0.05, 0.1) is 17.6 Å². The predicted molar refractivity (Wildman–Crippen MR) is 218 cm³/mol. The first kappa shape index (κ1) is 40.0. The summed E-state index contributed by atoms with van der Waals surface area (Å²) in [5.41, 5.74) is 1.97. The van der Waals surface area contributed by atoms with E-state index in [0.29, 0.717) is 42.4 Å². The summed E-state index contributed by atoms with van der Waals surface area (Å²) >= 11 is 0. The molecule has 4 saturated carbocycles. The molecular formula is C46H69N5O4. The van der Waals surface area contributed by atoms with Crippen molar-refractivity contribution >= 4 is 22.8 Å². The summed E-state index contributed by atoms with van der Waals surface area (Å²) in [6.45, 7) is 14.7. The SMILES string of the molecule is CCC(=O)N[C@@H](Cc1c[nH]c2ccccc12)C(=O)O[C@H]1CC[C@]2(C)[C@H]3CC[C@]4(C)[C@@H]([C@H](C)CCCC(C)C)CC[C@H]4[C@@H]3C[C@@H](NCCc3c[nH]cn3)[C@@]2(O)C1. The molecule has 2 heterocycles. The van der Waals surface area contributed by atoms with E-state index in [0.717, 1.165) is 72.1 Å². The number of benzene rings is 1. The van der Waals surface area contributed by atoms with Gasteiger partial charge in [-0.2, -0.15) is 0 Å². The van der Waals surface area contributed by atoms with Gasteiger partial charge in [-0.05, 0) is 97.5 Å². The van der Waals surface area contributed by atoms with Gasteiger partial charge in [-0.3, -0.25) is 4.79 Å². The molecular weight excluding hydrogens is 687 g/mol. The van der Waals surface area contributed by atoms with Gasteiger partial charge in [0.1, 0.15) is 12.1 Å². The Balaban J connectivity index is 1.10. The van der Waals surface area contributed by atoms with Crippen molar-refractivity contribution in [2.45, 2.75) is 155 Å². The van der Waals surface area contributed by atoms with Gasteiger partial charge in [-0.25, -0.2) is 9.78 Å². The third-order valence-electron chi connectivity index (χ3n) is 15.7. The highest BCUT2D eigenvalue weighted by Gasteiger charge is 2.68. The highest BCUT2D eigenvalue weighted by atomic mass is 16.5. The number of aromatic nitrogens is 3. The van der Waals surface area contributed by atoms with Crippen LogP contribution in [0.25, 0.3) is 10.9 Å². The van der Waals surface area contributed by atoms with E-state index in [1.165, 1.54) is 38.5 Å². The number of hydrogen-bond donors (Lipinski definition) is 5. The fourth-order valence-corrected chi connectivity index (χ4v) is 12.7. The summed E-state index contributed by atoms with van der Waals surface area (Å²) in [5.74, 6) is 3.34. The first-order chi connectivity index (χ1) is 26.4. The van der Waals surface area contributed by atoms with Crippen LogP contribution in [0.2, 0.25) is 0 Å². The Bertz CT molecular complexity index is 1760. The maximum Gasteiger partial charge on any atom is 0.329 e. The van der Waals surface area contributed by atoms with Crippen LogP contribution in [-0.2, 0) is 27.2 Å². The summed E-state index contributed by atoms with van der Waals surface area (Å²) in [6, 6.07) is 7.08. The van der Waals surface area contributed by atoms with Crippen molar-refractivity contribution in [1.29, 1.82) is 0 Å². The average molecular weight is 756 g/mol. The zero-order chi connectivity index (χ0) is 39.0. The normalized spacial score (nSPS) is 34.1. The quantitative estimate of drug-likeness (QED) is 0.0993. The van der Waals surface area contributed by atoms with E-state index in [9.17, 15) is 14.7 Å². The number of aromatic amines is 2.